The van der Waals surface area contributed by atoms with Gasteiger partial charge in [0.2, 0.25) is 0 Å². The fourth-order valence-electron chi connectivity index (χ4n) is 2.62. The smallest absolute Gasteiger partial charge is 0.0739 e. The summed E-state index contributed by atoms with van der Waals surface area (Å²) in [6.45, 7) is 5.94. The predicted octanol–water partition coefficient (Wildman–Crippen LogP) is 2.63. The average molecular weight is 316 g/mol. The second-order valence-electron chi connectivity index (χ2n) is 4.91. The van der Waals surface area contributed by atoms with Crippen LogP contribution in [0.4, 0.5) is 0 Å². The third kappa shape index (κ3) is 2.95. The molecule has 0 spiro atoms. The summed E-state index contributed by atoms with van der Waals surface area (Å²) in [5.41, 5.74) is 2.31. The van der Waals surface area contributed by atoms with Crippen molar-refractivity contribution in [3.05, 3.63) is 15.9 Å². The number of hydrogen-bond donors (Lipinski definition) is 1. The van der Waals surface area contributed by atoms with Gasteiger partial charge >= 0.3 is 0 Å². The van der Waals surface area contributed by atoms with E-state index in [1.165, 1.54) is 18.5 Å². The molecule has 0 saturated heterocycles. The number of aryl methyl sites for hydroxylation is 2. The van der Waals surface area contributed by atoms with Gasteiger partial charge in [-0.1, -0.05) is 0 Å². The summed E-state index contributed by atoms with van der Waals surface area (Å²) in [7, 11) is 1.80. The van der Waals surface area contributed by atoms with Crippen LogP contribution in [0, 0.1) is 6.92 Å². The van der Waals surface area contributed by atoms with Crippen molar-refractivity contribution in [3.8, 4) is 0 Å². The van der Waals surface area contributed by atoms with Gasteiger partial charge in [-0.2, -0.15) is 5.10 Å². The Bertz CT molecular complexity index is 405. The third-order valence-electron chi connectivity index (χ3n) is 3.73. The highest BCUT2D eigenvalue weighted by Crippen LogP contribution is 2.24. The molecule has 4 nitrogen and oxygen atoms in total. The van der Waals surface area contributed by atoms with Crippen LogP contribution in [-0.4, -0.2) is 29.0 Å². The molecule has 1 fully saturated rings. The van der Waals surface area contributed by atoms with E-state index < -0.39 is 0 Å². The van der Waals surface area contributed by atoms with Gasteiger partial charge in [-0.05, 0) is 49.0 Å². The quantitative estimate of drug-likeness (QED) is 0.908. The van der Waals surface area contributed by atoms with Gasteiger partial charge < -0.3 is 10.1 Å². The summed E-state index contributed by atoms with van der Waals surface area (Å²) < 4.78 is 8.60. The monoisotopic (exact) mass is 315 g/mol. The zero-order chi connectivity index (χ0) is 13.1. The van der Waals surface area contributed by atoms with E-state index >= 15 is 0 Å². The summed E-state index contributed by atoms with van der Waals surface area (Å²) in [5, 5.41) is 8.13. The molecule has 1 aromatic heterocycles. The van der Waals surface area contributed by atoms with Crippen molar-refractivity contribution in [2.75, 3.05) is 7.11 Å². The van der Waals surface area contributed by atoms with E-state index in [-0.39, 0.29) is 0 Å². The second-order valence-corrected chi connectivity index (χ2v) is 5.70. The lowest BCUT2D eigenvalue weighted by Crippen LogP contribution is -2.28. The Labute approximate surface area is 117 Å². The molecule has 0 aromatic carbocycles. The Morgan fingerprint density at radius 3 is 2.89 bits per heavy atom. The highest BCUT2D eigenvalue weighted by atomic mass is 79.9. The molecule has 2 unspecified atom stereocenters. The van der Waals surface area contributed by atoms with Crippen molar-refractivity contribution < 1.29 is 4.74 Å². The van der Waals surface area contributed by atoms with Gasteiger partial charge in [-0.3, -0.25) is 4.68 Å². The van der Waals surface area contributed by atoms with Crippen LogP contribution in [0.15, 0.2) is 4.47 Å². The van der Waals surface area contributed by atoms with Crippen LogP contribution in [0.25, 0.3) is 0 Å². The number of hydrogen-bond acceptors (Lipinski definition) is 3. The SMILES string of the molecule is CCn1nc(C)c(Br)c1CNC1CCC(OC)C1. The molecule has 2 rings (SSSR count). The normalized spacial score (nSPS) is 23.8. The van der Waals surface area contributed by atoms with Crippen LogP contribution in [-0.2, 0) is 17.8 Å². The molecular weight excluding hydrogens is 294 g/mol. The Hall–Kier alpha value is -0.390. The summed E-state index contributed by atoms with van der Waals surface area (Å²) in [6.07, 6.45) is 3.92. The molecule has 1 heterocycles. The fraction of sp³-hybridized carbons (Fsp3) is 0.769. The summed E-state index contributed by atoms with van der Waals surface area (Å²) >= 11 is 3.63. The molecule has 0 amide bonds. The number of nitrogens with one attached hydrogen (secondary N) is 1. The molecule has 2 atom stereocenters. The molecule has 102 valence electrons. The van der Waals surface area contributed by atoms with Crippen molar-refractivity contribution in [3.63, 3.8) is 0 Å². The van der Waals surface area contributed by atoms with E-state index in [1.807, 2.05) is 6.92 Å². The van der Waals surface area contributed by atoms with Crippen molar-refractivity contribution in [1.29, 1.82) is 0 Å². The first kappa shape index (κ1) is 14.0. The van der Waals surface area contributed by atoms with Crippen molar-refractivity contribution in [2.45, 2.75) is 58.3 Å². The van der Waals surface area contributed by atoms with Crippen LogP contribution in [0.2, 0.25) is 0 Å². The number of halogens is 1. The lowest BCUT2D eigenvalue weighted by molar-refractivity contribution is 0.107. The topological polar surface area (TPSA) is 39.1 Å². The van der Waals surface area contributed by atoms with Gasteiger partial charge in [0.05, 0.1) is 22.0 Å². The summed E-state index contributed by atoms with van der Waals surface area (Å²) in [6, 6.07) is 0.572. The maximum atomic E-state index is 5.40. The minimum Gasteiger partial charge on any atom is -0.381 e. The van der Waals surface area contributed by atoms with Gasteiger partial charge in [-0.15, -0.1) is 0 Å². The second kappa shape index (κ2) is 6.17. The Balaban J connectivity index is 1.94. The first-order valence-electron chi connectivity index (χ1n) is 6.63. The average Bonchev–Trinajstić information content (AvgIpc) is 2.94. The van der Waals surface area contributed by atoms with E-state index in [0.717, 1.165) is 29.7 Å². The van der Waals surface area contributed by atoms with Crippen molar-refractivity contribution in [2.24, 2.45) is 0 Å². The summed E-state index contributed by atoms with van der Waals surface area (Å²) in [5.74, 6) is 0. The van der Waals surface area contributed by atoms with Crippen molar-refractivity contribution >= 4 is 15.9 Å². The molecule has 1 aliphatic rings. The zero-order valence-corrected chi connectivity index (χ0v) is 13.0. The Morgan fingerprint density at radius 2 is 2.28 bits per heavy atom. The molecule has 18 heavy (non-hydrogen) atoms. The molecule has 0 aliphatic heterocycles. The number of nitrogens with zero attached hydrogens (tertiary/aromatic N) is 2. The minimum atomic E-state index is 0.434. The maximum Gasteiger partial charge on any atom is 0.0739 e. The summed E-state index contributed by atoms with van der Waals surface area (Å²) in [4.78, 5) is 0. The van der Waals surface area contributed by atoms with Crippen LogP contribution in [0.5, 0.6) is 0 Å². The minimum absolute atomic E-state index is 0.434. The number of aromatic nitrogens is 2. The molecule has 0 bridgehead atoms. The lowest BCUT2D eigenvalue weighted by Gasteiger charge is -2.13. The predicted molar refractivity (Wildman–Crippen MR) is 75.6 cm³/mol. The highest BCUT2D eigenvalue weighted by Gasteiger charge is 2.24. The molecule has 0 radical (unpaired) electrons. The fourth-order valence-corrected chi connectivity index (χ4v) is 3.04. The maximum absolute atomic E-state index is 5.40. The first-order chi connectivity index (χ1) is 8.65. The van der Waals surface area contributed by atoms with Crippen LogP contribution in [0.3, 0.4) is 0 Å². The molecule has 5 heteroatoms. The Kier molecular flexibility index (Phi) is 4.81. The standard InChI is InChI=1S/C13H22BrN3O/c1-4-17-12(13(14)9(2)16-17)8-15-10-5-6-11(7-10)18-3/h10-11,15H,4-8H2,1-3H3. The van der Waals surface area contributed by atoms with Gasteiger partial charge in [0.25, 0.3) is 0 Å². The van der Waals surface area contributed by atoms with Gasteiger partial charge in [-0.25, -0.2) is 0 Å². The third-order valence-corrected chi connectivity index (χ3v) is 4.76. The van der Waals surface area contributed by atoms with E-state index in [0.29, 0.717) is 12.1 Å². The molecule has 1 aromatic rings. The van der Waals surface area contributed by atoms with E-state index in [9.17, 15) is 0 Å². The molecular formula is C13H22BrN3O. The van der Waals surface area contributed by atoms with Crippen LogP contribution >= 0.6 is 15.9 Å². The van der Waals surface area contributed by atoms with Gasteiger partial charge in [0.15, 0.2) is 0 Å². The van der Waals surface area contributed by atoms with E-state index in [1.54, 1.807) is 7.11 Å². The highest BCUT2D eigenvalue weighted by molar-refractivity contribution is 9.10. The van der Waals surface area contributed by atoms with Gasteiger partial charge in [0.1, 0.15) is 0 Å². The molecule has 1 N–H and O–H groups in total. The lowest BCUT2D eigenvalue weighted by atomic mass is 10.2. The van der Waals surface area contributed by atoms with Crippen molar-refractivity contribution in [1.82, 2.24) is 15.1 Å². The van der Waals surface area contributed by atoms with Crippen LogP contribution < -0.4 is 5.32 Å². The van der Waals surface area contributed by atoms with Crippen LogP contribution in [0.1, 0.15) is 37.6 Å². The zero-order valence-electron chi connectivity index (χ0n) is 11.4. The largest absolute Gasteiger partial charge is 0.381 e. The number of rotatable bonds is 5. The first-order valence-corrected chi connectivity index (χ1v) is 7.43. The Morgan fingerprint density at radius 1 is 1.50 bits per heavy atom. The number of ether oxygens (including phenoxy) is 1. The molecule has 1 aliphatic carbocycles. The van der Waals surface area contributed by atoms with E-state index in [4.69, 9.17) is 4.74 Å². The number of methoxy groups -OCH3 is 1. The molecule has 1 saturated carbocycles. The van der Waals surface area contributed by atoms with Gasteiger partial charge in [0, 0.05) is 26.2 Å². The van der Waals surface area contributed by atoms with E-state index in [2.05, 4.69) is 38.0 Å².